The minimum Gasteiger partial charge on any atom is -0.465 e. The first kappa shape index (κ1) is 18.1. The molecule has 1 aliphatic heterocycles. The van der Waals surface area contributed by atoms with Crippen molar-refractivity contribution in [1.82, 2.24) is 9.80 Å². The van der Waals surface area contributed by atoms with E-state index in [-0.39, 0.29) is 11.8 Å². The van der Waals surface area contributed by atoms with Crippen LogP contribution in [0, 0.1) is 0 Å². The molecule has 2 rings (SSSR count). The summed E-state index contributed by atoms with van der Waals surface area (Å²) < 4.78 is 4.64. The summed E-state index contributed by atoms with van der Waals surface area (Å²) in [6.07, 6.45) is 3.12. The molecular formula is C17H20N2O4S. The number of amides is 2. The van der Waals surface area contributed by atoms with Gasteiger partial charge in [0.2, 0.25) is 11.8 Å². The molecule has 1 aliphatic rings. The fourth-order valence-corrected chi connectivity index (χ4v) is 3.43. The molecule has 1 unspecified atom stereocenters. The number of esters is 1. The molecule has 7 heteroatoms. The highest BCUT2D eigenvalue weighted by molar-refractivity contribution is 7.99. The van der Waals surface area contributed by atoms with Crippen LogP contribution in [0.2, 0.25) is 0 Å². The van der Waals surface area contributed by atoms with Crippen LogP contribution in [0.15, 0.2) is 30.3 Å². The fraction of sp³-hybridized carbons (Fsp3) is 0.353. The lowest BCUT2D eigenvalue weighted by Crippen LogP contribution is -2.46. The Balaban J connectivity index is 2.04. The van der Waals surface area contributed by atoms with Gasteiger partial charge < -0.3 is 14.5 Å². The number of carbonyl (C=O) groups excluding carboxylic acids is 3. The van der Waals surface area contributed by atoms with E-state index < -0.39 is 12.0 Å². The fourth-order valence-electron chi connectivity index (χ4n) is 2.27. The number of ether oxygens (including phenoxy) is 1. The Hall–Kier alpha value is -2.28. The van der Waals surface area contributed by atoms with Gasteiger partial charge in [0, 0.05) is 25.9 Å². The highest BCUT2D eigenvalue weighted by Crippen LogP contribution is 2.22. The van der Waals surface area contributed by atoms with E-state index in [2.05, 4.69) is 4.74 Å². The molecular weight excluding hydrogens is 328 g/mol. The molecule has 2 amide bonds. The van der Waals surface area contributed by atoms with Crippen LogP contribution < -0.4 is 0 Å². The number of methoxy groups -OCH3 is 1. The Labute approximate surface area is 145 Å². The maximum Gasteiger partial charge on any atom is 0.337 e. The summed E-state index contributed by atoms with van der Waals surface area (Å²) in [4.78, 5) is 38.9. The number of hydrogen-bond acceptors (Lipinski definition) is 5. The third-order valence-electron chi connectivity index (χ3n) is 3.64. The second-order valence-electron chi connectivity index (χ2n) is 5.50. The Kier molecular flexibility index (Phi) is 6.03. The third-order valence-corrected chi connectivity index (χ3v) is 4.65. The Morgan fingerprint density at radius 3 is 2.50 bits per heavy atom. The van der Waals surface area contributed by atoms with Gasteiger partial charge >= 0.3 is 5.97 Å². The summed E-state index contributed by atoms with van der Waals surface area (Å²) in [5.74, 6) is 0.459. The molecule has 0 N–H and O–H groups in total. The molecule has 0 spiro atoms. The number of hydrogen-bond donors (Lipinski definition) is 0. The van der Waals surface area contributed by atoms with Crippen LogP contribution in [0.4, 0.5) is 0 Å². The Morgan fingerprint density at radius 2 is 1.92 bits per heavy atom. The van der Waals surface area contributed by atoms with Crippen LogP contribution in [0.1, 0.15) is 15.9 Å². The van der Waals surface area contributed by atoms with Gasteiger partial charge in [-0.1, -0.05) is 12.1 Å². The normalized spacial score (nSPS) is 17.1. The van der Waals surface area contributed by atoms with Crippen LogP contribution in [-0.2, 0) is 14.3 Å². The average molecular weight is 348 g/mol. The lowest BCUT2D eigenvalue weighted by Gasteiger charge is -2.24. The van der Waals surface area contributed by atoms with Crippen LogP contribution in [-0.4, -0.2) is 66.5 Å². The van der Waals surface area contributed by atoms with Gasteiger partial charge in [0.1, 0.15) is 6.04 Å². The summed E-state index contributed by atoms with van der Waals surface area (Å²) in [6.45, 7) is 0. The molecule has 0 bridgehead atoms. The molecule has 0 radical (unpaired) electrons. The van der Waals surface area contributed by atoms with Crippen LogP contribution in [0.5, 0.6) is 0 Å². The third kappa shape index (κ3) is 4.17. The Morgan fingerprint density at radius 1 is 1.25 bits per heavy atom. The minimum absolute atomic E-state index is 0.0656. The van der Waals surface area contributed by atoms with Crippen LogP contribution in [0.3, 0.4) is 0 Å². The van der Waals surface area contributed by atoms with Crippen molar-refractivity contribution in [3.63, 3.8) is 0 Å². The van der Waals surface area contributed by atoms with E-state index in [1.54, 1.807) is 61.1 Å². The lowest BCUT2D eigenvalue weighted by molar-refractivity contribution is -0.139. The van der Waals surface area contributed by atoms with Crippen molar-refractivity contribution in [3.05, 3.63) is 41.5 Å². The highest BCUT2D eigenvalue weighted by Gasteiger charge is 2.34. The highest BCUT2D eigenvalue weighted by atomic mass is 32.2. The van der Waals surface area contributed by atoms with E-state index in [0.717, 1.165) is 5.56 Å². The van der Waals surface area contributed by atoms with Gasteiger partial charge in [0.25, 0.3) is 0 Å². The average Bonchev–Trinajstić information content (AvgIpc) is 3.08. The smallest absolute Gasteiger partial charge is 0.337 e. The summed E-state index contributed by atoms with van der Waals surface area (Å²) in [5, 5.41) is 0. The summed E-state index contributed by atoms with van der Waals surface area (Å²) in [5.41, 5.74) is 1.24. The van der Waals surface area contributed by atoms with E-state index in [9.17, 15) is 14.4 Å². The topological polar surface area (TPSA) is 66.9 Å². The quantitative estimate of drug-likeness (QED) is 0.609. The van der Waals surface area contributed by atoms with Gasteiger partial charge in [-0.15, -0.1) is 11.8 Å². The summed E-state index contributed by atoms with van der Waals surface area (Å²) in [7, 11) is 4.70. The predicted molar refractivity (Wildman–Crippen MR) is 93.5 cm³/mol. The van der Waals surface area contributed by atoms with Gasteiger partial charge in [-0.2, -0.15) is 0 Å². The predicted octanol–water partition coefficient (Wildman–Crippen LogP) is 1.48. The van der Waals surface area contributed by atoms with Crippen molar-refractivity contribution < 1.29 is 19.1 Å². The van der Waals surface area contributed by atoms with Crippen molar-refractivity contribution in [2.45, 2.75) is 6.04 Å². The largest absolute Gasteiger partial charge is 0.465 e. The van der Waals surface area contributed by atoms with Gasteiger partial charge in [-0.05, 0) is 23.8 Å². The standard InChI is InChI=1S/C17H20N2O4S/c1-18(2)16(21)14-10-24-11-19(14)15(20)9-6-12-4-7-13(8-5-12)17(22)23-3/h4-9,14H,10-11H2,1-3H3. The Bertz CT molecular complexity index is 655. The maximum atomic E-state index is 12.4. The number of likely N-dealkylation sites (N-methyl/N-ethyl adjacent to an activating group) is 1. The summed E-state index contributed by atoms with van der Waals surface area (Å²) in [6, 6.07) is 6.33. The molecule has 1 aromatic rings. The second-order valence-corrected chi connectivity index (χ2v) is 6.50. The van der Waals surface area contributed by atoms with Crippen molar-refractivity contribution in [1.29, 1.82) is 0 Å². The molecule has 1 fully saturated rings. The minimum atomic E-state index is -0.413. The van der Waals surface area contributed by atoms with E-state index in [4.69, 9.17) is 0 Å². The second kappa shape index (κ2) is 8.01. The van der Waals surface area contributed by atoms with Gasteiger partial charge in [-0.3, -0.25) is 9.59 Å². The van der Waals surface area contributed by atoms with Crippen molar-refractivity contribution in [2.75, 3.05) is 32.8 Å². The number of carbonyl (C=O) groups is 3. The first-order valence-corrected chi connectivity index (χ1v) is 8.55. The van der Waals surface area contributed by atoms with Crippen LogP contribution in [0.25, 0.3) is 6.08 Å². The van der Waals surface area contributed by atoms with Crippen molar-refractivity contribution >= 4 is 35.6 Å². The maximum absolute atomic E-state index is 12.4. The number of nitrogens with zero attached hydrogens (tertiary/aromatic N) is 2. The lowest BCUT2D eigenvalue weighted by atomic mass is 10.1. The molecule has 128 valence electrons. The number of thioether (sulfide) groups is 1. The zero-order valence-electron chi connectivity index (χ0n) is 13.9. The van der Waals surface area contributed by atoms with Gasteiger partial charge in [0.15, 0.2) is 0 Å². The van der Waals surface area contributed by atoms with E-state index in [0.29, 0.717) is 17.2 Å². The molecule has 24 heavy (non-hydrogen) atoms. The monoisotopic (exact) mass is 348 g/mol. The molecule has 1 heterocycles. The van der Waals surface area contributed by atoms with E-state index in [1.165, 1.54) is 18.1 Å². The zero-order valence-corrected chi connectivity index (χ0v) is 14.7. The zero-order chi connectivity index (χ0) is 17.7. The SMILES string of the molecule is COC(=O)c1ccc(C=CC(=O)N2CSCC2C(=O)N(C)C)cc1. The molecule has 1 atom stereocenters. The molecule has 6 nitrogen and oxygen atoms in total. The number of rotatable bonds is 4. The molecule has 1 aromatic carbocycles. The molecule has 0 aliphatic carbocycles. The van der Waals surface area contributed by atoms with E-state index in [1.807, 2.05) is 0 Å². The van der Waals surface area contributed by atoms with Crippen molar-refractivity contribution in [2.24, 2.45) is 0 Å². The van der Waals surface area contributed by atoms with Crippen LogP contribution >= 0.6 is 11.8 Å². The molecule has 0 aromatic heterocycles. The first-order valence-electron chi connectivity index (χ1n) is 7.40. The van der Waals surface area contributed by atoms with Gasteiger partial charge in [0.05, 0.1) is 18.6 Å². The molecule has 0 saturated carbocycles. The van der Waals surface area contributed by atoms with Gasteiger partial charge in [-0.25, -0.2) is 4.79 Å². The number of benzene rings is 1. The summed E-state index contributed by atoms with van der Waals surface area (Å²) >= 11 is 1.57. The van der Waals surface area contributed by atoms with E-state index >= 15 is 0 Å². The van der Waals surface area contributed by atoms with Crippen molar-refractivity contribution in [3.8, 4) is 0 Å². The molecule has 1 saturated heterocycles. The first-order chi connectivity index (χ1) is 11.4.